The third-order valence-corrected chi connectivity index (χ3v) is 2.16. The lowest BCUT2D eigenvalue weighted by Crippen LogP contribution is -2.00. The highest BCUT2D eigenvalue weighted by Gasteiger charge is 2.11. The maximum atomic E-state index is 12.4. The molecule has 0 spiro atoms. The van der Waals surface area contributed by atoms with Gasteiger partial charge in [-0.05, 0) is 30.2 Å². The number of ether oxygens (including phenoxy) is 1. The normalized spacial score (nSPS) is 10.5. The maximum absolute atomic E-state index is 12.4. The van der Waals surface area contributed by atoms with Crippen molar-refractivity contribution >= 4 is 5.97 Å². The summed E-state index contributed by atoms with van der Waals surface area (Å²) in [5.74, 6) is -0.532. The molecule has 5 heteroatoms. The van der Waals surface area contributed by atoms with Gasteiger partial charge in [-0.3, -0.25) is 4.79 Å². The second-order valence-electron chi connectivity index (χ2n) is 3.27. The minimum atomic E-state index is -2.56. The van der Waals surface area contributed by atoms with E-state index in [9.17, 15) is 13.6 Å². The first kappa shape index (κ1) is 12.4. The Morgan fingerprint density at radius 2 is 2.19 bits per heavy atom. The quantitative estimate of drug-likeness (QED) is 0.845. The molecule has 0 amide bonds. The van der Waals surface area contributed by atoms with Crippen LogP contribution < -0.4 is 4.74 Å². The zero-order valence-corrected chi connectivity index (χ0v) is 8.74. The SMILES string of the molecule is COc1ccc(C(F)F)cc1CCC(=O)O. The molecule has 1 rings (SSSR count). The molecule has 0 aromatic heterocycles. The first-order valence-corrected chi connectivity index (χ1v) is 4.71. The average molecular weight is 230 g/mol. The number of carboxylic acids is 1. The van der Waals surface area contributed by atoms with Gasteiger partial charge in [0, 0.05) is 12.0 Å². The Labute approximate surface area is 91.7 Å². The van der Waals surface area contributed by atoms with Gasteiger partial charge in [0.1, 0.15) is 5.75 Å². The van der Waals surface area contributed by atoms with Crippen LogP contribution in [0.1, 0.15) is 24.0 Å². The highest BCUT2D eigenvalue weighted by molar-refractivity contribution is 5.67. The molecule has 88 valence electrons. The Balaban J connectivity index is 2.92. The van der Waals surface area contributed by atoms with Crippen LogP contribution in [0, 0.1) is 0 Å². The summed E-state index contributed by atoms with van der Waals surface area (Å²) in [6.45, 7) is 0. The average Bonchev–Trinajstić information content (AvgIpc) is 2.25. The fourth-order valence-electron chi connectivity index (χ4n) is 1.37. The molecular formula is C11H12F2O3. The van der Waals surface area contributed by atoms with Gasteiger partial charge in [0.05, 0.1) is 7.11 Å². The van der Waals surface area contributed by atoms with Gasteiger partial charge in [-0.2, -0.15) is 0 Å². The van der Waals surface area contributed by atoms with Crippen LogP contribution >= 0.6 is 0 Å². The summed E-state index contributed by atoms with van der Waals surface area (Å²) in [5.41, 5.74) is 0.365. The number of alkyl halides is 2. The number of carboxylic acid groups (broad SMARTS) is 1. The minimum Gasteiger partial charge on any atom is -0.496 e. The van der Waals surface area contributed by atoms with Gasteiger partial charge in [-0.25, -0.2) is 8.78 Å². The van der Waals surface area contributed by atoms with E-state index in [4.69, 9.17) is 9.84 Å². The number of aliphatic carboxylic acids is 1. The van der Waals surface area contributed by atoms with Crippen LogP contribution in [-0.4, -0.2) is 18.2 Å². The van der Waals surface area contributed by atoms with Crippen molar-refractivity contribution in [2.75, 3.05) is 7.11 Å². The monoisotopic (exact) mass is 230 g/mol. The Morgan fingerprint density at radius 1 is 1.50 bits per heavy atom. The van der Waals surface area contributed by atoms with E-state index in [1.807, 2.05) is 0 Å². The van der Waals surface area contributed by atoms with Crippen LogP contribution in [0.2, 0.25) is 0 Å². The number of methoxy groups -OCH3 is 1. The minimum absolute atomic E-state index is 0.108. The lowest BCUT2D eigenvalue weighted by molar-refractivity contribution is -0.136. The second-order valence-corrected chi connectivity index (χ2v) is 3.27. The number of carbonyl (C=O) groups is 1. The van der Waals surface area contributed by atoms with Crippen LogP contribution in [0.4, 0.5) is 8.78 Å². The molecule has 0 aliphatic heterocycles. The first-order valence-electron chi connectivity index (χ1n) is 4.71. The number of hydrogen-bond donors (Lipinski definition) is 1. The molecular weight excluding hydrogens is 218 g/mol. The molecule has 1 aromatic rings. The van der Waals surface area contributed by atoms with Crippen LogP contribution in [0.15, 0.2) is 18.2 Å². The molecule has 16 heavy (non-hydrogen) atoms. The summed E-state index contributed by atoms with van der Waals surface area (Å²) < 4.78 is 29.8. The highest BCUT2D eigenvalue weighted by Crippen LogP contribution is 2.26. The van der Waals surface area contributed by atoms with Gasteiger partial charge in [0.25, 0.3) is 6.43 Å². The fraction of sp³-hybridized carbons (Fsp3) is 0.364. The number of hydrogen-bond acceptors (Lipinski definition) is 2. The maximum Gasteiger partial charge on any atom is 0.303 e. The van der Waals surface area contributed by atoms with E-state index in [1.54, 1.807) is 0 Å². The van der Waals surface area contributed by atoms with Crippen LogP contribution in [0.5, 0.6) is 5.75 Å². The van der Waals surface area contributed by atoms with Gasteiger partial charge in [0.2, 0.25) is 0 Å². The zero-order chi connectivity index (χ0) is 12.1. The smallest absolute Gasteiger partial charge is 0.303 e. The molecule has 3 nitrogen and oxygen atoms in total. The van der Waals surface area contributed by atoms with Crippen molar-refractivity contribution < 1.29 is 23.4 Å². The van der Waals surface area contributed by atoms with E-state index in [0.717, 1.165) is 0 Å². The van der Waals surface area contributed by atoms with Gasteiger partial charge < -0.3 is 9.84 Å². The van der Waals surface area contributed by atoms with Gasteiger partial charge >= 0.3 is 5.97 Å². The summed E-state index contributed by atoms with van der Waals surface area (Å²) in [6, 6.07) is 3.99. The highest BCUT2D eigenvalue weighted by atomic mass is 19.3. The lowest BCUT2D eigenvalue weighted by Gasteiger charge is -2.09. The largest absolute Gasteiger partial charge is 0.496 e. The first-order chi connectivity index (χ1) is 7.54. The van der Waals surface area contributed by atoms with E-state index in [2.05, 4.69) is 0 Å². The van der Waals surface area contributed by atoms with E-state index in [1.165, 1.54) is 25.3 Å². The third-order valence-electron chi connectivity index (χ3n) is 2.16. The van der Waals surface area contributed by atoms with Crippen molar-refractivity contribution in [3.05, 3.63) is 29.3 Å². The summed E-state index contributed by atoms with van der Waals surface area (Å²) >= 11 is 0. The molecule has 0 heterocycles. The molecule has 0 saturated heterocycles. The molecule has 0 bridgehead atoms. The molecule has 1 N–H and O–H groups in total. The van der Waals surface area contributed by atoms with Crippen LogP contribution in [0.3, 0.4) is 0 Å². The van der Waals surface area contributed by atoms with Crippen molar-refractivity contribution in [3.63, 3.8) is 0 Å². The van der Waals surface area contributed by atoms with Crippen molar-refractivity contribution in [1.82, 2.24) is 0 Å². The molecule has 0 aliphatic carbocycles. The molecule has 0 saturated carbocycles. The Bertz CT molecular complexity index is 377. The standard InChI is InChI=1S/C11H12F2O3/c1-16-9-4-2-8(11(12)13)6-7(9)3-5-10(14)15/h2,4,6,11H,3,5H2,1H3,(H,14,15). The van der Waals surface area contributed by atoms with Gasteiger partial charge in [-0.15, -0.1) is 0 Å². The molecule has 1 aromatic carbocycles. The second kappa shape index (κ2) is 5.44. The zero-order valence-electron chi connectivity index (χ0n) is 8.74. The number of halogens is 2. The van der Waals surface area contributed by atoms with Crippen molar-refractivity contribution in [2.24, 2.45) is 0 Å². The lowest BCUT2D eigenvalue weighted by atomic mass is 10.1. The molecule has 0 unspecified atom stereocenters. The van der Waals surface area contributed by atoms with Crippen molar-refractivity contribution in [2.45, 2.75) is 19.3 Å². The number of rotatable bonds is 5. The molecule has 0 aliphatic rings. The van der Waals surface area contributed by atoms with Crippen molar-refractivity contribution in [1.29, 1.82) is 0 Å². The Morgan fingerprint density at radius 3 is 2.69 bits per heavy atom. The van der Waals surface area contributed by atoms with E-state index < -0.39 is 12.4 Å². The molecule has 0 atom stereocenters. The van der Waals surface area contributed by atoms with E-state index in [0.29, 0.717) is 11.3 Å². The third kappa shape index (κ3) is 3.18. The van der Waals surface area contributed by atoms with Crippen LogP contribution in [-0.2, 0) is 11.2 Å². The Hall–Kier alpha value is -1.65. The Kier molecular flexibility index (Phi) is 4.22. The summed E-state index contributed by atoms with van der Waals surface area (Å²) in [5, 5.41) is 8.53. The predicted molar refractivity (Wildman–Crippen MR) is 53.9 cm³/mol. The predicted octanol–water partition coefficient (Wildman–Crippen LogP) is 2.65. The molecule has 0 radical (unpaired) electrons. The fourth-order valence-corrected chi connectivity index (χ4v) is 1.37. The van der Waals surface area contributed by atoms with Gasteiger partial charge in [0.15, 0.2) is 0 Å². The van der Waals surface area contributed by atoms with Crippen molar-refractivity contribution in [3.8, 4) is 5.75 Å². The van der Waals surface area contributed by atoms with E-state index >= 15 is 0 Å². The van der Waals surface area contributed by atoms with E-state index in [-0.39, 0.29) is 18.4 Å². The molecule has 0 fully saturated rings. The van der Waals surface area contributed by atoms with Gasteiger partial charge in [-0.1, -0.05) is 0 Å². The summed E-state index contributed by atoms with van der Waals surface area (Å²) in [4.78, 5) is 10.4. The number of aryl methyl sites for hydroxylation is 1. The van der Waals surface area contributed by atoms with Crippen LogP contribution in [0.25, 0.3) is 0 Å². The topological polar surface area (TPSA) is 46.5 Å². The summed E-state index contributed by atoms with van der Waals surface area (Å²) in [6.07, 6.45) is -2.49. The summed E-state index contributed by atoms with van der Waals surface area (Å²) in [7, 11) is 1.42. The number of benzene rings is 1.